The molecule has 2 aliphatic heterocycles. The normalized spacial score (nSPS) is 29.9. The number of carbonyl (C=O) groups excluding carboxylic acids is 1. The molecule has 2 unspecified atom stereocenters. The molecule has 2 rings (SSSR count). The fourth-order valence-corrected chi connectivity index (χ4v) is 3.18. The molecule has 98 valence electrons. The van der Waals surface area contributed by atoms with Crippen LogP contribution in [0, 0.1) is 0 Å². The van der Waals surface area contributed by atoms with Gasteiger partial charge in [0.05, 0.1) is 12.1 Å². The highest BCUT2D eigenvalue weighted by atomic mass is 32.2. The number of carbonyl (C=O) groups is 1. The number of hydrogen-bond donors (Lipinski definition) is 2. The Morgan fingerprint density at radius 3 is 3.12 bits per heavy atom. The van der Waals surface area contributed by atoms with Gasteiger partial charge in [-0.1, -0.05) is 0 Å². The van der Waals surface area contributed by atoms with E-state index < -0.39 is 0 Å². The minimum absolute atomic E-state index is 0.000948. The van der Waals surface area contributed by atoms with Crippen molar-refractivity contribution < 1.29 is 9.53 Å². The summed E-state index contributed by atoms with van der Waals surface area (Å²) < 4.78 is 5.63. The lowest BCUT2D eigenvalue weighted by molar-refractivity contribution is -0.122. The summed E-state index contributed by atoms with van der Waals surface area (Å²) in [5.41, 5.74) is 0. The zero-order valence-electron chi connectivity index (χ0n) is 10.2. The molecule has 0 bridgehead atoms. The van der Waals surface area contributed by atoms with Crippen molar-refractivity contribution in [3.8, 4) is 0 Å². The molecule has 0 radical (unpaired) electrons. The molecule has 2 atom stereocenters. The van der Waals surface area contributed by atoms with Crippen LogP contribution in [0.5, 0.6) is 0 Å². The fourth-order valence-electron chi connectivity index (χ4n) is 2.25. The van der Waals surface area contributed by atoms with Crippen LogP contribution in [0.4, 0.5) is 0 Å². The van der Waals surface area contributed by atoms with E-state index in [0.29, 0.717) is 6.10 Å². The number of nitrogens with one attached hydrogen (secondary N) is 2. The SMILES string of the molecule is O=C(NCCC1CCCCO1)C1CSCCN1. The second-order valence-electron chi connectivity index (χ2n) is 4.65. The fraction of sp³-hybridized carbons (Fsp3) is 0.917. The molecule has 2 fully saturated rings. The van der Waals surface area contributed by atoms with Crippen LogP contribution in [0.1, 0.15) is 25.7 Å². The standard InChI is InChI=1S/C12H22N2O2S/c15-12(11-9-17-8-6-13-11)14-5-4-10-3-1-2-7-16-10/h10-11,13H,1-9H2,(H,14,15). The van der Waals surface area contributed by atoms with Gasteiger partial charge in [0, 0.05) is 31.2 Å². The Balaban J connectivity index is 1.58. The Hall–Kier alpha value is -0.260. The van der Waals surface area contributed by atoms with Crippen molar-refractivity contribution in [3.63, 3.8) is 0 Å². The molecular formula is C12H22N2O2S. The van der Waals surface area contributed by atoms with Gasteiger partial charge in [-0.2, -0.15) is 11.8 Å². The van der Waals surface area contributed by atoms with Crippen molar-refractivity contribution in [1.82, 2.24) is 10.6 Å². The van der Waals surface area contributed by atoms with Gasteiger partial charge in [-0.05, 0) is 25.7 Å². The van der Waals surface area contributed by atoms with E-state index in [4.69, 9.17) is 4.74 Å². The van der Waals surface area contributed by atoms with Crippen molar-refractivity contribution >= 4 is 17.7 Å². The number of rotatable bonds is 4. The van der Waals surface area contributed by atoms with Gasteiger partial charge in [-0.25, -0.2) is 0 Å². The van der Waals surface area contributed by atoms with E-state index in [1.807, 2.05) is 11.8 Å². The third-order valence-electron chi connectivity index (χ3n) is 3.28. The van der Waals surface area contributed by atoms with Crippen molar-refractivity contribution in [2.45, 2.75) is 37.8 Å². The Morgan fingerprint density at radius 2 is 2.41 bits per heavy atom. The topological polar surface area (TPSA) is 50.4 Å². The summed E-state index contributed by atoms with van der Waals surface area (Å²) in [6.45, 7) is 2.57. The van der Waals surface area contributed by atoms with E-state index in [-0.39, 0.29) is 11.9 Å². The van der Waals surface area contributed by atoms with Crippen molar-refractivity contribution in [2.24, 2.45) is 0 Å². The van der Waals surface area contributed by atoms with Crippen LogP contribution in [0.2, 0.25) is 0 Å². The molecule has 5 heteroatoms. The van der Waals surface area contributed by atoms with E-state index in [2.05, 4.69) is 10.6 Å². The maximum atomic E-state index is 11.8. The van der Waals surface area contributed by atoms with Crippen molar-refractivity contribution in [3.05, 3.63) is 0 Å². The largest absolute Gasteiger partial charge is 0.378 e. The molecular weight excluding hydrogens is 236 g/mol. The van der Waals surface area contributed by atoms with Crippen LogP contribution in [-0.2, 0) is 9.53 Å². The molecule has 2 aliphatic rings. The number of thioether (sulfide) groups is 1. The van der Waals surface area contributed by atoms with Gasteiger partial charge in [0.25, 0.3) is 0 Å². The lowest BCUT2D eigenvalue weighted by Crippen LogP contribution is -2.49. The maximum Gasteiger partial charge on any atom is 0.237 e. The summed E-state index contributed by atoms with van der Waals surface area (Å²) in [6.07, 6.45) is 4.91. The molecule has 4 nitrogen and oxygen atoms in total. The first-order chi connectivity index (χ1) is 8.36. The summed E-state index contributed by atoms with van der Waals surface area (Å²) in [6, 6.07) is 0.000948. The van der Waals surface area contributed by atoms with Crippen LogP contribution < -0.4 is 10.6 Å². The first kappa shape index (κ1) is 13.2. The highest BCUT2D eigenvalue weighted by molar-refractivity contribution is 7.99. The van der Waals surface area contributed by atoms with Gasteiger partial charge < -0.3 is 15.4 Å². The predicted octanol–water partition coefficient (Wildman–Crippen LogP) is 0.767. The minimum atomic E-state index is 0.000948. The molecule has 0 aromatic carbocycles. The van der Waals surface area contributed by atoms with Crippen LogP contribution >= 0.6 is 11.8 Å². The third-order valence-corrected chi connectivity index (χ3v) is 4.34. The highest BCUT2D eigenvalue weighted by Gasteiger charge is 2.21. The van der Waals surface area contributed by atoms with Gasteiger partial charge >= 0.3 is 0 Å². The van der Waals surface area contributed by atoms with Crippen LogP contribution in [-0.4, -0.2) is 49.3 Å². The summed E-state index contributed by atoms with van der Waals surface area (Å²) >= 11 is 1.84. The average molecular weight is 258 g/mol. The molecule has 17 heavy (non-hydrogen) atoms. The number of hydrogen-bond acceptors (Lipinski definition) is 4. The van der Waals surface area contributed by atoms with E-state index >= 15 is 0 Å². The van der Waals surface area contributed by atoms with Crippen molar-refractivity contribution in [2.75, 3.05) is 31.2 Å². The monoisotopic (exact) mass is 258 g/mol. The molecule has 1 amide bonds. The molecule has 2 saturated heterocycles. The zero-order chi connectivity index (χ0) is 11.9. The predicted molar refractivity (Wildman–Crippen MR) is 70.3 cm³/mol. The highest BCUT2D eigenvalue weighted by Crippen LogP contribution is 2.15. The van der Waals surface area contributed by atoms with Crippen LogP contribution in [0.15, 0.2) is 0 Å². The number of amides is 1. The van der Waals surface area contributed by atoms with Gasteiger partial charge in [0.2, 0.25) is 5.91 Å². The summed E-state index contributed by atoms with van der Waals surface area (Å²) in [7, 11) is 0. The van der Waals surface area contributed by atoms with Gasteiger partial charge in [-0.15, -0.1) is 0 Å². The van der Waals surface area contributed by atoms with Crippen molar-refractivity contribution in [1.29, 1.82) is 0 Å². The van der Waals surface area contributed by atoms with E-state index in [1.54, 1.807) is 0 Å². The molecule has 2 heterocycles. The maximum absolute atomic E-state index is 11.8. The first-order valence-electron chi connectivity index (χ1n) is 6.57. The Morgan fingerprint density at radius 1 is 1.47 bits per heavy atom. The second-order valence-corrected chi connectivity index (χ2v) is 5.80. The summed E-state index contributed by atoms with van der Waals surface area (Å²) in [4.78, 5) is 11.8. The molecule has 0 aromatic heterocycles. The Kier molecular flexibility index (Phi) is 5.61. The minimum Gasteiger partial charge on any atom is -0.378 e. The summed E-state index contributed by atoms with van der Waals surface area (Å²) in [5.74, 6) is 2.15. The van der Waals surface area contributed by atoms with Gasteiger partial charge in [-0.3, -0.25) is 4.79 Å². The molecule has 0 saturated carbocycles. The first-order valence-corrected chi connectivity index (χ1v) is 7.72. The molecule has 0 aromatic rings. The Labute approximate surface area is 107 Å². The Bertz CT molecular complexity index is 239. The van der Waals surface area contributed by atoms with Gasteiger partial charge in [0.1, 0.15) is 0 Å². The van der Waals surface area contributed by atoms with Crippen LogP contribution in [0.3, 0.4) is 0 Å². The quantitative estimate of drug-likeness (QED) is 0.782. The van der Waals surface area contributed by atoms with E-state index in [0.717, 1.165) is 44.0 Å². The lowest BCUT2D eigenvalue weighted by atomic mass is 10.1. The van der Waals surface area contributed by atoms with E-state index in [9.17, 15) is 4.79 Å². The molecule has 2 N–H and O–H groups in total. The lowest BCUT2D eigenvalue weighted by Gasteiger charge is -2.24. The summed E-state index contributed by atoms with van der Waals surface area (Å²) in [5, 5.41) is 6.25. The number of ether oxygens (including phenoxy) is 1. The van der Waals surface area contributed by atoms with Gasteiger partial charge in [0.15, 0.2) is 0 Å². The second kappa shape index (κ2) is 7.24. The third kappa shape index (κ3) is 4.48. The smallest absolute Gasteiger partial charge is 0.237 e. The molecule has 0 aliphatic carbocycles. The molecule has 0 spiro atoms. The van der Waals surface area contributed by atoms with E-state index in [1.165, 1.54) is 12.8 Å². The van der Waals surface area contributed by atoms with Crippen LogP contribution in [0.25, 0.3) is 0 Å². The average Bonchev–Trinajstić information content (AvgIpc) is 2.41. The zero-order valence-corrected chi connectivity index (χ0v) is 11.1.